The molecule has 0 atom stereocenters. The molecular formula is C14H13ClN4O2. The second-order valence-electron chi connectivity index (χ2n) is 4.52. The van der Waals surface area contributed by atoms with Gasteiger partial charge in [0.1, 0.15) is 11.4 Å². The molecule has 0 saturated heterocycles. The highest BCUT2D eigenvalue weighted by atomic mass is 35.5. The van der Waals surface area contributed by atoms with E-state index in [-0.39, 0.29) is 5.88 Å². The van der Waals surface area contributed by atoms with E-state index in [1.54, 1.807) is 31.5 Å². The molecule has 0 fully saturated rings. The maximum atomic E-state index is 6.09. The summed E-state index contributed by atoms with van der Waals surface area (Å²) in [5.41, 5.74) is 9.58. The summed E-state index contributed by atoms with van der Waals surface area (Å²) in [6.07, 6.45) is 1.67. The first-order valence-electron chi connectivity index (χ1n) is 6.21. The van der Waals surface area contributed by atoms with Crippen LogP contribution in [0.3, 0.4) is 0 Å². The number of anilines is 1. The van der Waals surface area contributed by atoms with Crippen molar-refractivity contribution in [1.29, 1.82) is 0 Å². The van der Waals surface area contributed by atoms with Crippen LogP contribution < -0.4 is 10.5 Å². The Bertz CT molecular complexity index is 794. The number of methoxy groups -OCH3 is 1. The van der Waals surface area contributed by atoms with Gasteiger partial charge >= 0.3 is 0 Å². The van der Waals surface area contributed by atoms with E-state index in [0.29, 0.717) is 22.0 Å². The van der Waals surface area contributed by atoms with Crippen molar-refractivity contribution in [2.45, 2.75) is 6.92 Å². The molecule has 0 radical (unpaired) electrons. The Balaban J connectivity index is 2.27. The van der Waals surface area contributed by atoms with E-state index in [1.807, 2.05) is 6.92 Å². The summed E-state index contributed by atoms with van der Waals surface area (Å²) in [7, 11) is 1.58. The minimum Gasteiger partial charge on any atom is -0.496 e. The van der Waals surface area contributed by atoms with Gasteiger partial charge in [-0.3, -0.25) is 5.10 Å². The molecule has 0 amide bonds. The number of halogens is 1. The molecule has 21 heavy (non-hydrogen) atoms. The number of aromatic nitrogens is 3. The minimum absolute atomic E-state index is 0.200. The monoisotopic (exact) mass is 304 g/mol. The van der Waals surface area contributed by atoms with Gasteiger partial charge in [0, 0.05) is 21.8 Å². The number of nitrogen functional groups attached to an aromatic ring is 1. The number of rotatable bonds is 3. The highest BCUT2D eigenvalue weighted by Crippen LogP contribution is 2.42. The van der Waals surface area contributed by atoms with E-state index in [4.69, 9.17) is 26.6 Å². The number of hydrogen-bond acceptors (Lipinski definition) is 5. The molecule has 0 aliphatic carbocycles. The Kier molecular flexibility index (Phi) is 3.31. The molecule has 3 N–H and O–H groups in total. The van der Waals surface area contributed by atoms with Crippen LogP contribution >= 0.6 is 11.6 Å². The first-order chi connectivity index (χ1) is 10.1. The molecule has 6 nitrogen and oxygen atoms in total. The van der Waals surface area contributed by atoms with Crippen molar-refractivity contribution >= 4 is 17.5 Å². The average Bonchev–Trinajstić information content (AvgIpc) is 3.04. The number of aryl methyl sites for hydroxylation is 1. The van der Waals surface area contributed by atoms with Crippen molar-refractivity contribution in [3.63, 3.8) is 0 Å². The van der Waals surface area contributed by atoms with Crippen molar-refractivity contribution in [2.24, 2.45) is 0 Å². The Morgan fingerprint density at radius 3 is 2.81 bits per heavy atom. The van der Waals surface area contributed by atoms with Crippen LogP contribution in [0, 0.1) is 6.92 Å². The van der Waals surface area contributed by atoms with Crippen LogP contribution in [-0.4, -0.2) is 22.5 Å². The minimum atomic E-state index is 0.200. The summed E-state index contributed by atoms with van der Waals surface area (Å²) in [5.74, 6) is 0.836. The predicted molar refractivity (Wildman–Crippen MR) is 80.2 cm³/mol. The molecule has 0 bridgehead atoms. The molecule has 0 spiro atoms. The largest absolute Gasteiger partial charge is 0.496 e. The van der Waals surface area contributed by atoms with Crippen LogP contribution in [0.5, 0.6) is 5.75 Å². The van der Waals surface area contributed by atoms with E-state index in [9.17, 15) is 0 Å². The van der Waals surface area contributed by atoms with Gasteiger partial charge in [-0.15, -0.1) is 0 Å². The number of hydrogen-bond donors (Lipinski definition) is 2. The third-order valence-electron chi connectivity index (χ3n) is 3.23. The number of nitrogens with one attached hydrogen (secondary N) is 1. The van der Waals surface area contributed by atoms with Gasteiger partial charge in [0.15, 0.2) is 0 Å². The summed E-state index contributed by atoms with van der Waals surface area (Å²) in [6, 6.07) is 5.29. The van der Waals surface area contributed by atoms with Gasteiger partial charge < -0.3 is 15.0 Å². The van der Waals surface area contributed by atoms with E-state index >= 15 is 0 Å². The third kappa shape index (κ3) is 2.23. The van der Waals surface area contributed by atoms with Crippen molar-refractivity contribution in [3.8, 4) is 28.1 Å². The lowest BCUT2D eigenvalue weighted by Gasteiger charge is -2.09. The summed E-state index contributed by atoms with van der Waals surface area (Å²) < 4.78 is 10.5. The van der Waals surface area contributed by atoms with Crippen LogP contribution in [0.15, 0.2) is 28.9 Å². The Morgan fingerprint density at radius 2 is 2.14 bits per heavy atom. The molecule has 2 aromatic heterocycles. The second-order valence-corrected chi connectivity index (χ2v) is 4.96. The molecule has 0 unspecified atom stereocenters. The number of nitrogens with two attached hydrogens (primary N) is 1. The predicted octanol–water partition coefficient (Wildman–Crippen LogP) is 3.28. The van der Waals surface area contributed by atoms with Gasteiger partial charge in [-0.2, -0.15) is 5.10 Å². The average molecular weight is 305 g/mol. The highest BCUT2D eigenvalue weighted by molar-refractivity contribution is 6.31. The van der Waals surface area contributed by atoms with Crippen molar-refractivity contribution in [2.75, 3.05) is 12.8 Å². The lowest BCUT2D eigenvalue weighted by Crippen LogP contribution is -1.92. The van der Waals surface area contributed by atoms with Crippen LogP contribution in [-0.2, 0) is 0 Å². The normalized spacial score (nSPS) is 10.8. The Hall–Kier alpha value is -2.47. The van der Waals surface area contributed by atoms with Gasteiger partial charge in [0.2, 0.25) is 5.88 Å². The maximum absolute atomic E-state index is 6.09. The summed E-state index contributed by atoms with van der Waals surface area (Å²) in [5, 5.41) is 11.5. The SMILES string of the molecule is COc1ccc(Cl)cc1-c1c(-c2cn[nH]c2C)noc1N. The quantitative estimate of drug-likeness (QED) is 0.775. The van der Waals surface area contributed by atoms with Crippen LogP contribution in [0.25, 0.3) is 22.4 Å². The van der Waals surface area contributed by atoms with Crippen LogP contribution in [0.2, 0.25) is 5.02 Å². The molecule has 2 heterocycles. The van der Waals surface area contributed by atoms with E-state index in [1.165, 1.54) is 0 Å². The van der Waals surface area contributed by atoms with Crippen molar-refractivity contribution < 1.29 is 9.26 Å². The zero-order valence-electron chi connectivity index (χ0n) is 11.5. The fraction of sp³-hybridized carbons (Fsp3) is 0.143. The van der Waals surface area contributed by atoms with Crippen LogP contribution in [0.1, 0.15) is 5.69 Å². The standard InChI is InChI=1S/C14H13ClN4O2/c1-7-10(6-17-18-7)13-12(14(16)21-19-13)9-5-8(15)3-4-11(9)20-2/h3-6H,16H2,1-2H3,(H,17,18). The molecule has 1 aromatic carbocycles. The lowest BCUT2D eigenvalue weighted by atomic mass is 10.0. The number of aromatic amines is 1. The number of nitrogens with zero attached hydrogens (tertiary/aromatic N) is 2. The fourth-order valence-corrected chi connectivity index (χ4v) is 2.38. The molecular weight excluding hydrogens is 292 g/mol. The van der Waals surface area contributed by atoms with Gasteiger partial charge in [0.25, 0.3) is 0 Å². The third-order valence-corrected chi connectivity index (χ3v) is 3.47. The number of H-pyrrole nitrogens is 1. The molecule has 7 heteroatoms. The van der Waals surface area contributed by atoms with E-state index in [2.05, 4.69) is 15.4 Å². The fourth-order valence-electron chi connectivity index (χ4n) is 2.21. The molecule has 0 aliphatic heterocycles. The second kappa shape index (κ2) is 5.14. The number of benzene rings is 1. The topological polar surface area (TPSA) is 90.0 Å². The molecule has 0 aliphatic rings. The summed E-state index contributed by atoms with van der Waals surface area (Å²) in [4.78, 5) is 0. The van der Waals surface area contributed by atoms with Crippen LogP contribution in [0.4, 0.5) is 5.88 Å². The summed E-state index contributed by atoms with van der Waals surface area (Å²) >= 11 is 6.09. The highest BCUT2D eigenvalue weighted by Gasteiger charge is 2.22. The van der Waals surface area contributed by atoms with Crippen molar-refractivity contribution in [1.82, 2.24) is 15.4 Å². The lowest BCUT2D eigenvalue weighted by molar-refractivity contribution is 0.416. The first kappa shape index (κ1) is 13.5. The maximum Gasteiger partial charge on any atom is 0.230 e. The van der Waals surface area contributed by atoms with Crippen molar-refractivity contribution in [3.05, 3.63) is 35.1 Å². The molecule has 0 saturated carbocycles. The van der Waals surface area contributed by atoms with Gasteiger partial charge in [-0.05, 0) is 25.1 Å². The molecule has 3 rings (SSSR count). The Morgan fingerprint density at radius 1 is 1.33 bits per heavy atom. The smallest absolute Gasteiger partial charge is 0.230 e. The molecule has 108 valence electrons. The molecule has 3 aromatic rings. The summed E-state index contributed by atoms with van der Waals surface area (Å²) in [6.45, 7) is 1.90. The van der Waals surface area contributed by atoms with Gasteiger partial charge in [0.05, 0.1) is 18.9 Å². The zero-order valence-corrected chi connectivity index (χ0v) is 12.2. The Labute approximate surface area is 125 Å². The van der Waals surface area contributed by atoms with Gasteiger partial charge in [-0.25, -0.2) is 0 Å². The van der Waals surface area contributed by atoms with E-state index in [0.717, 1.165) is 16.8 Å². The first-order valence-corrected chi connectivity index (χ1v) is 6.59. The van der Waals surface area contributed by atoms with E-state index < -0.39 is 0 Å². The number of ether oxygens (including phenoxy) is 1. The van der Waals surface area contributed by atoms with Gasteiger partial charge in [-0.1, -0.05) is 16.8 Å². The zero-order chi connectivity index (χ0) is 15.0.